The Hall–Kier alpha value is -1.81. The van der Waals surface area contributed by atoms with Gasteiger partial charge in [0.15, 0.2) is 0 Å². The second kappa shape index (κ2) is 9.13. The molecule has 150 valence electrons. The molecule has 1 N–H and O–H groups in total. The maximum atomic E-state index is 12.6. The quantitative estimate of drug-likeness (QED) is 0.597. The van der Waals surface area contributed by atoms with Crippen LogP contribution in [0.2, 0.25) is 0 Å². The van der Waals surface area contributed by atoms with E-state index in [0.717, 1.165) is 17.8 Å². The van der Waals surface area contributed by atoms with Crippen molar-refractivity contribution in [1.82, 2.24) is 4.98 Å². The molecular weight excluding hydrogens is 364 g/mol. The van der Waals surface area contributed by atoms with Gasteiger partial charge in [-0.1, -0.05) is 83.0 Å². The van der Waals surface area contributed by atoms with E-state index in [9.17, 15) is 4.79 Å². The highest BCUT2D eigenvalue weighted by Gasteiger charge is 2.26. The van der Waals surface area contributed by atoms with E-state index in [2.05, 4.69) is 62.3 Å². The lowest BCUT2D eigenvalue weighted by molar-refractivity contribution is 0.269. The number of hydrogen-bond donors (Lipinski definition) is 1. The molecule has 1 heterocycles. The molecule has 0 radical (unpaired) electrons. The minimum Gasteiger partial charge on any atom is -0.315 e. The van der Waals surface area contributed by atoms with Crippen LogP contribution in [0, 0.1) is 5.92 Å². The van der Waals surface area contributed by atoms with Crippen LogP contribution in [-0.2, 0) is 11.2 Å². The van der Waals surface area contributed by atoms with Crippen LogP contribution in [0.4, 0.5) is 10.5 Å². The maximum absolute atomic E-state index is 12.6. The standard InChI is InChI=1S/C24H32N2OS/c1-17-8-5-6-9-20(17)22-21(10-7-15-25-22)26-23(27)28-16-18-11-13-19(14-12-18)24(2,3)4/h7,10-15,17,20H,5-6,8-9,16H2,1-4H3,(H,26,27). The monoisotopic (exact) mass is 396 g/mol. The van der Waals surface area contributed by atoms with E-state index in [1.165, 1.54) is 42.2 Å². The fourth-order valence-corrected chi connectivity index (χ4v) is 4.61. The van der Waals surface area contributed by atoms with Gasteiger partial charge >= 0.3 is 0 Å². The van der Waals surface area contributed by atoms with Crippen LogP contribution in [0.25, 0.3) is 0 Å². The van der Waals surface area contributed by atoms with Crippen LogP contribution in [-0.4, -0.2) is 10.2 Å². The number of nitrogens with zero attached hydrogens (tertiary/aromatic N) is 1. The highest BCUT2D eigenvalue weighted by atomic mass is 32.2. The lowest BCUT2D eigenvalue weighted by atomic mass is 9.78. The molecule has 2 atom stereocenters. The summed E-state index contributed by atoms with van der Waals surface area (Å²) in [4.78, 5) is 17.2. The third kappa shape index (κ3) is 5.38. The van der Waals surface area contributed by atoms with Crippen molar-refractivity contribution >= 4 is 22.7 Å². The predicted molar refractivity (Wildman–Crippen MR) is 120 cm³/mol. The van der Waals surface area contributed by atoms with Crippen molar-refractivity contribution in [3.8, 4) is 0 Å². The molecule has 0 saturated heterocycles. The summed E-state index contributed by atoms with van der Waals surface area (Å²) >= 11 is 1.32. The van der Waals surface area contributed by atoms with Crippen molar-refractivity contribution in [2.45, 2.75) is 70.5 Å². The molecule has 0 bridgehead atoms. The lowest BCUT2D eigenvalue weighted by Gasteiger charge is -2.29. The summed E-state index contributed by atoms with van der Waals surface area (Å²) in [5.74, 6) is 1.74. The summed E-state index contributed by atoms with van der Waals surface area (Å²) in [5.41, 5.74) is 4.56. The molecule has 28 heavy (non-hydrogen) atoms. The molecule has 1 aromatic heterocycles. The van der Waals surface area contributed by atoms with Crippen molar-refractivity contribution in [2.24, 2.45) is 5.92 Å². The van der Waals surface area contributed by atoms with E-state index < -0.39 is 0 Å². The van der Waals surface area contributed by atoms with E-state index in [0.29, 0.717) is 17.6 Å². The molecule has 2 aromatic rings. The largest absolute Gasteiger partial charge is 0.315 e. The number of pyridine rings is 1. The Morgan fingerprint density at radius 3 is 2.54 bits per heavy atom. The molecule has 1 aliphatic carbocycles. The van der Waals surface area contributed by atoms with Gasteiger partial charge in [-0.2, -0.15) is 0 Å². The summed E-state index contributed by atoms with van der Waals surface area (Å²) in [6.07, 6.45) is 6.80. The van der Waals surface area contributed by atoms with Crippen LogP contribution in [0.1, 0.15) is 76.1 Å². The number of carbonyl (C=O) groups is 1. The van der Waals surface area contributed by atoms with Gasteiger partial charge in [0.05, 0.1) is 11.4 Å². The second-order valence-corrected chi connectivity index (χ2v) is 9.90. The van der Waals surface area contributed by atoms with Crippen molar-refractivity contribution < 1.29 is 4.79 Å². The topological polar surface area (TPSA) is 42.0 Å². The Morgan fingerprint density at radius 2 is 1.86 bits per heavy atom. The molecule has 2 unspecified atom stereocenters. The minimum atomic E-state index is -0.0161. The number of anilines is 1. The summed E-state index contributed by atoms with van der Waals surface area (Å²) in [6.45, 7) is 8.94. The molecule has 0 aliphatic heterocycles. The third-order valence-corrected chi connectivity index (χ3v) is 6.57. The summed E-state index contributed by atoms with van der Waals surface area (Å²) < 4.78 is 0. The number of nitrogens with one attached hydrogen (secondary N) is 1. The Kier molecular flexibility index (Phi) is 6.82. The Bertz CT molecular complexity index is 795. The van der Waals surface area contributed by atoms with Gasteiger partial charge in [-0.15, -0.1) is 0 Å². The summed E-state index contributed by atoms with van der Waals surface area (Å²) in [6, 6.07) is 12.5. The number of thioether (sulfide) groups is 1. The number of aromatic nitrogens is 1. The fraction of sp³-hybridized carbons (Fsp3) is 0.500. The smallest absolute Gasteiger partial charge is 0.283 e. The Morgan fingerprint density at radius 1 is 1.14 bits per heavy atom. The highest BCUT2D eigenvalue weighted by Crippen LogP contribution is 2.39. The van der Waals surface area contributed by atoms with Gasteiger partial charge in [0.2, 0.25) is 0 Å². The van der Waals surface area contributed by atoms with Crippen molar-refractivity contribution in [3.05, 3.63) is 59.4 Å². The molecule has 1 aromatic carbocycles. The predicted octanol–water partition coefficient (Wildman–Crippen LogP) is 7.14. The van der Waals surface area contributed by atoms with Crippen LogP contribution < -0.4 is 5.32 Å². The highest BCUT2D eigenvalue weighted by molar-refractivity contribution is 8.13. The van der Waals surface area contributed by atoms with Crippen molar-refractivity contribution in [2.75, 3.05) is 5.32 Å². The lowest BCUT2D eigenvalue weighted by Crippen LogP contribution is -2.18. The summed E-state index contributed by atoms with van der Waals surface area (Å²) in [5, 5.41) is 3.08. The first-order chi connectivity index (χ1) is 13.3. The molecule has 4 heteroatoms. The van der Waals surface area contributed by atoms with Gasteiger partial charge in [0.25, 0.3) is 5.24 Å². The number of hydrogen-bond acceptors (Lipinski definition) is 3. The molecule has 1 fully saturated rings. The third-order valence-electron chi connectivity index (χ3n) is 5.73. The van der Waals surface area contributed by atoms with E-state index in [1.807, 2.05) is 18.3 Å². The first kappa shape index (κ1) is 20.9. The molecule has 3 nitrogen and oxygen atoms in total. The molecule has 0 spiro atoms. The van der Waals surface area contributed by atoms with E-state index in [1.54, 1.807) is 0 Å². The van der Waals surface area contributed by atoms with Gasteiger partial charge in [-0.25, -0.2) is 0 Å². The number of amides is 1. The minimum absolute atomic E-state index is 0.0161. The van der Waals surface area contributed by atoms with E-state index >= 15 is 0 Å². The molecule has 1 amide bonds. The van der Waals surface area contributed by atoms with Gasteiger partial charge in [0, 0.05) is 17.9 Å². The number of carbonyl (C=O) groups excluding carboxylic acids is 1. The van der Waals surface area contributed by atoms with Crippen LogP contribution in [0.5, 0.6) is 0 Å². The second-order valence-electron chi connectivity index (χ2n) is 8.95. The van der Waals surface area contributed by atoms with Crippen LogP contribution in [0.3, 0.4) is 0 Å². The van der Waals surface area contributed by atoms with Crippen molar-refractivity contribution in [3.63, 3.8) is 0 Å². The van der Waals surface area contributed by atoms with Crippen LogP contribution in [0.15, 0.2) is 42.6 Å². The Balaban J connectivity index is 1.61. The van der Waals surface area contributed by atoms with Crippen LogP contribution >= 0.6 is 11.8 Å². The molecular formula is C24H32N2OS. The maximum Gasteiger partial charge on any atom is 0.283 e. The van der Waals surface area contributed by atoms with Gasteiger partial charge in [0.1, 0.15) is 0 Å². The van der Waals surface area contributed by atoms with Gasteiger partial charge in [-0.05, 0) is 41.0 Å². The molecule has 1 saturated carbocycles. The van der Waals surface area contributed by atoms with E-state index in [4.69, 9.17) is 0 Å². The first-order valence-electron chi connectivity index (χ1n) is 10.3. The van der Waals surface area contributed by atoms with Gasteiger partial charge in [-0.3, -0.25) is 9.78 Å². The zero-order valence-electron chi connectivity index (χ0n) is 17.5. The van der Waals surface area contributed by atoms with Crippen molar-refractivity contribution in [1.29, 1.82) is 0 Å². The fourth-order valence-electron chi connectivity index (χ4n) is 3.94. The summed E-state index contributed by atoms with van der Waals surface area (Å²) in [7, 11) is 0. The number of rotatable bonds is 4. The Labute approximate surface area is 173 Å². The average Bonchev–Trinajstić information content (AvgIpc) is 2.67. The number of benzene rings is 1. The zero-order valence-corrected chi connectivity index (χ0v) is 18.3. The normalized spacial score (nSPS) is 20.0. The average molecular weight is 397 g/mol. The SMILES string of the molecule is CC1CCCCC1c1ncccc1NC(=O)SCc1ccc(C(C)(C)C)cc1. The molecule has 1 aliphatic rings. The zero-order chi connectivity index (χ0) is 20.1. The van der Waals surface area contributed by atoms with E-state index in [-0.39, 0.29) is 10.7 Å². The first-order valence-corrected chi connectivity index (χ1v) is 11.3. The van der Waals surface area contributed by atoms with Gasteiger partial charge < -0.3 is 5.32 Å². The molecule has 3 rings (SSSR count).